The molecule has 1 fully saturated rings. The van der Waals surface area contributed by atoms with Crippen LogP contribution in [0.25, 0.3) is 28.0 Å². The summed E-state index contributed by atoms with van der Waals surface area (Å²) in [6, 6.07) is 10.3. The van der Waals surface area contributed by atoms with Crippen LogP contribution in [0.4, 0.5) is 4.39 Å². The van der Waals surface area contributed by atoms with Gasteiger partial charge < -0.3 is 14.7 Å². The van der Waals surface area contributed by atoms with Crippen molar-refractivity contribution in [2.45, 2.75) is 20.0 Å². The Hall–Kier alpha value is -3.62. The van der Waals surface area contributed by atoms with Crippen molar-refractivity contribution in [2.75, 3.05) is 26.3 Å². The minimum absolute atomic E-state index is 0.0669. The number of halogens is 1. The second-order valence-electron chi connectivity index (χ2n) is 8.52. The highest BCUT2D eigenvalue weighted by molar-refractivity contribution is 5.99. The number of morpholine rings is 1. The van der Waals surface area contributed by atoms with Crippen molar-refractivity contribution in [1.29, 1.82) is 0 Å². The minimum atomic E-state index is -0.717. The van der Waals surface area contributed by atoms with Crippen molar-refractivity contribution in [1.82, 2.24) is 19.4 Å². The topological polar surface area (TPSA) is 80.5 Å². The van der Waals surface area contributed by atoms with Crippen LogP contribution in [0.5, 0.6) is 0 Å². The van der Waals surface area contributed by atoms with Gasteiger partial charge in [-0.15, -0.1) is 0 Å². The molecule has 0 saturated carbocycles. The third-order valence-electron chi connectivity index (χ3n) is 6.12. The zero-order chi connectivity index (χ0) is 23.8. The second-order valence-corrected chi connectivity index (χ2v) is 8.52. The fourth-order valence-corrected chi connectivity index (χ4v) is 4.28. The Morgan fingerprint density at radius 3 is 2.56 bits per heavy atom. The van der Waals surface area contributed by atoms with Crippen LogP contribution in [-0.2, 0) is 4.74 Å². The maximum Gasteiger partial charge on any atom is 0.254 e. The molecule has 174 valence electrons. The highest BCUT2D eigenvalue weighted by atomic mass is 19.1. The molecule has 1 saturated heterocycles. The first-order chi connectivity index (χ1) is 16.4. The van der Waals surface area contributed by atoms with Gasteiger partial charge >= 0.3 is 0 Å². The minimum Gasteiger partial charge on any atom is -0.389 e. The van der Waals surface area contributed by atoms with Crippen LogP contribution in [-0.4, -0.2) is 56.8 Å². The van der Waals surface area contributed by atoms with E-state index in [1.54, 1.807) is 59.2 Å². The molecular weight excluding hydrogens is 435 g/mol. The van der Waals surface area contributed by atoms with E-state index in [1.165, 1.54) is 6.07 Å². The van der Waals surface area contributed by atoms with Crippen molar-refractivity contribution in [3.8, 4) is 17.1 Å². The summed E-state index contributed by atoms with van der Waals surface area (Å²) in [5.41, 5.74) is 3.91. The lowest BCUT2D eigenvalue weighted by Crippen LogP contribution is -2.40. The summed E-state index contributed by atoms with van der Waals surface area (Å²) in [5.74, 6) is -0.0385. The zero-order valence-corrected chi connectivity index (χ0v) is 19.0. The number of amides is 1. The third kappa shape index (κ3) is 4.06. The maximum atomic E-state index is 14.3. The Bertz CT molecular complexity index is 1360. The molecule has 1 atom stereocenters. The molecule has 1 aliphatic heterocycles. The lowest BCUT2D eigenvalue weighted by Gasteiger charge is -2.26. The van der Waals surface area contributed by atoms with E-state index < -0.39 is 6.10 Å². The van der Waals surface area contributed by atoms with Gasteiger partial charge in [0.15, 0.2) is 0 Å². The Morgan fingerprint density at radius 1 is 1.12 bits per heavy atom. The van der Waals surface area contributed by atoms with Crippen LogP contribution < -0.4 is 0 Å². The number of nitrogens with zero attached hydrogens (tertiary/aromatic N) is 4. The number of benzene rings is 2. The van der Waals surface area contributed by atoms with E-state index >= 15 is 0 Å². The third-order valence-corrected chi connectivity index (χ3v) is 6.12. The van der Waals surface area contributed by atoms with E-state index in [9.17, 15) is 14.3 Å². The molecule has 1 N–H and O–H groups in total. The van der Waals surface area contributed by atoms with E-state index in [-0.39, 0.29) is 11.7 Å². The molecule has 2 aromatic carbocycles. The summed E-state index contributed by atoms with van der Waals surface area (Å²) in [7, 11) is 0. The van der Waals surface area contributed by atoms with E-state index in [0.29, 0.717) is 60.0 Å². The molecule has 0 bridgehead atoms. The smallest absolute Gasteiger partial charge is 0.254 e. The number of fused-ring (bicyclic) bond motifs is 1. The SMILES string of the molecule is Cc1ccc(F)c(-c2cnc(-n3cc(C(C)O)c4ccc(C(=O)N5CCOCC5)cc43)nc2)c1. The molecule has 1 aliphatic rings. The highest BCUT2D eigenvalue weighted by Crippen LogP contribution is 2.30. The van der Waals surface area contributed by atoms with E-state index in [4.69, 9.17) is 4.74 Å². The number of ether oxygens (including phenoxy) is 1. The molecule has 4 aromatic rings. The fourth-order valence-electron chi connectivity index (χ4n) is 4.28. The normalized spacial score (nSPS) is 15.0. The highest BCUT2D eigenvalue weighted by Gasteiger charge is 2.21. The molecular formula is C26H25FN4O3. The van der Waals surface area contributed by atoms with Gasteiger partial charge in [-0.2, -0.15) is 0 Å². The summed E-state index contributed by atoms with van der Waals surface area (Å²) in [4.78, 5) is 23.8. The van der Waals surface area contributed by atoms with E-state index in [1.807, 2.05) is 13.0 Å². The Kier molecular flexibility index (Phi) is 5.85. The zero-order valence-electron chi connectivity index (χ0n) is 19.0. The molecule has 8 heteroatoms. The average Bonchev–Trinajstić information content (AvgIpc) is 3.25. The number of hydrogen-bond acceptors (Lipinski definition) is 5. The summed E-state index contributed by atoms with van der Waals surface area (Å²) in [6.07, 6.45) is 4.22. The van der Waals surface area contributed by atoms with Crippen molar-refractivity contribution in [3.63, 3.8) is 0 Å². The van der Waals surface area contributed by atoms with E-state index in [0.717, 1.165) is 10.9 Å². The second kappa shape index (κ2) is 8.96. The number of carbonyl (C=O) groups is 1. The van der Waals surface area contributed by atoms with Crippen molar-refractivity contribution >= 4 is 16.8 Å². The molecule has 2 aromatic heterocycles. The number of aliphatic hydroxyl groups is 1. The van der Waals surface area contributed by atoms with Crippen LogP contribution in [0.1, 0.15) is 34.5 Å². The van der Waals surface area contributed by atoms with Gasteiger partial charge in [-0.1, -0.05) is 17.7 Å². The van der Waals surface area contributed by atoms with Crippen LogP contribution in [0.2, 0.25) is 0 Å². The lowest BCUT2D eigenvalue weighted by molar-refractivity contribution is 0.0303. The quantitative estimate of drug-likeness (QED) is 0.497. The van der Waals surface area contributed by atoms with Crippen LogP contribution in [0, 0.1) is 12.7 Å². The number of rotatable bonds is 4. The fraction of sp³-hybridized carbons (Fsp3) is 0.269. The Morgan fingerprint density at radius 2 is 1.85 bits per heavy atom. The van der Waals surface area contributed by atoms with Gasteiger partial charge in [0.25, 0.3) is 5.91 Å². The standard InChI is InChI=1S/C26H25FN4O3/c1-16-3-6-23(27)21(11-16)19-13-28-26(29-14-19)31-15-22(17(2)32)20-5-4-18(12-24(20)31)25(33)30-7-9-34-10-8-30/h3-6,11-15,17,32H,7-10H2,1-2H3. The Labute approximate surface area is 196 Å². The van der Waals surface area contributed by atoms with Gasteiger partial charge in [-0.3, -0.25) is 9.36 Å². The average molecular weight is 461 g/mol. The molecule has 0 aliphatic carbocycles. The number of aromatic nitrogens is 3. The van der Waals surface area contributed by atoms with Gasteiger partial charge in [0.1, 0.15) is 5.82 Å². The first kappa shape index (κ1) is 22.2. The monoisotopic (exact) mass is 460 g/mol. The van der Waals surface area contributed by atoms with Gasteiger partial charge in [0, 0.05) is 59.3 Å². The molecule has 5 rings (SSSR count). The van der Waals surface area contributed by atoms with Gasteiger partial charge in [0.05, 0.1) is 24.8 Å². The van der Waals surface area contributed by atoms with Crippen LogP contribution in [0.15, 0.2) is 55.0 Å². The maximum absolute atomic E-state index is 14.3. The number of aryl methyl sites for hydroxylation is 1. The molecule has 1 unspecified atom stereocenters. The van der Waals surface area contributed by atoms with Crippen LogP contribution >= 0.6 is 0 Å². The summed E-state index contributed by atoms with van der Waals surface area (Å²) in [6.45, 7) is 5.75. The first-order valence-corrected chi connectivity index (χ1v) is 11.2. The molecule has 1 amide bonds. The lowest BCUT2D eigenvalue weighted by atomic mass is 10.1. The van der Waals surface area contributed by atoms with Crippen molar-refractivity contribution in [2.24, 2.45) is 0 Å². The van der Waals surface area contributed by atoms with Gasteiger partial charge in [0.2, 0.25) is 5.95 Å². The van der Waals surface area contributed by atoms with Crippen molar-refractivity contribution in [3.05, 3.63) is 77.5 Å². The molecule has 0 radical (unpaired) electrons. The molecule has 7 nitrogen and oxygen atoms in total. The first-order valence-electron chi connectivity index (χ1n) is 11.2. The van der Waals surface area contributed by atoms with E-state index in [2.05, 4.69) is 9.97 Å². The molecule has 34 heavy (non-hydrogen) atoms. The number of hydrogen-bond donors (Lipinski definition) is 1. The van der Waals surface area contributed by atoms with Crippen LogP contribution in [0.3, 0.4) is 0 Å². The number of carbonyl (C=O) groups excluding carboxylic acids is 1. The number of aliphatic hydroxyl groups excluding tert-OH is 1. The summed E-state index contributed by atoms with van der Waals surface area (Å²) in [5, 5.41) is 11.1. The van der Waals surface area contributed by atoms with Gasteiger partial charge in [-0.05, 0) is 38.1 Å². The predicted octanol–water partition coefficient (Wildman–Crippen LogP) is 4.06. The van der Waals surface area contributed by atoms with Crippen molar-refractivity contribution < 1.29 is 19.0 Å². The molecule has 0 spiro atoms. The molecule has 3 heterocycles. The predicted molar refractivity (Wildman–Crippen MR) is 126 cm³/mol. The summed E-state index contributed by atoms with van der Waals surface area (Å²) < 4.78 is 21.4. The summed E-state index contributed by atoms with van der Waals surface area (Å²) >= 11 is 0. The Balaban J connectivity index is 1.56. The van der Waals surface area contributed by atoms with Gasteiger partial charge in [-0.25, -0.2) is 14.4 Å². The largest absolute Gasteiger partial charge is 0.389 e.